The Morgan fingerprint density at radius 3 is 2.11 bits per heavy atom. The summed E-state index contributed by atoms with van der Waals surface area (Å²) in [5.74, 6) is 0.987. The summed E-state index contributed by atoms with van der Waals surface area (Å²) < 4.78 is 7.94. The van der Waals surface area contributed by atoms with Gasteiger partial charge in [0.25, 0.3) is 5.56 Å². The van der Waals surface area contributed by atoms with Crippen LogP contribution in [0.3, 0.4) is 0 Å². The molecule has 0 fully saturated rings. The standard InChI is InChI=1S/C29H22BrN3O3/c1-19-31-26-18-23(32-29(35)36-24-15-12-22(30)13-16-24)14-17-25(26)28(34)33(19)27(20-8-4-2-5-9-20)21-10-6-3-7-11-21/h2-18,27H,1H3,(H,32,35). The molecular weight excluding hydrogens is 518 g/mol. The summed E-state index contributed by atoms with van der Waals surface area (Å²) in [5, 5.41) is 3.17. The van der Waals surface area contributed by atoms with Gasteiger partial charge in [0.1, 0.15) is 11.6 Å². The van der Waals surface area contributed by atoms with Gasteiger partial charge in [-0.15, -0.1) is 0 Å². The van der Waals surface area contributed by atoms with Crippen LogP contribution in [-0.4, -0.2) is 15.6 Å². The summed E-state index contributed by atoms with van der Waals surface area (Å²) in [6.45, 7) is 1.82. The zero-order valence-electron chi connectivity index (χ0n) is 19.4. The largest absolute Gasteiger partial charge is 0.417 e. The van der Waals surface area contributed by atoms with E-state index < -0.39 is 6.09 Å². The van der Waals surface area contributed by atoms with Gasteiger partial charge < -0.3 is 4.74 Å². The monoisotopic (exact) mass is 539 g/mol. The number of rotatable bonds is 5. The van der Waals surface area contributed by atoms with Crippen molar-refractivity contribution >= 4 is 38.6 Å². The molecule has 0 unspecified atom stereocenters. The van der Waals surface area contributed by atoms with E-state index >= 15 is 0 Å². The number of fused-ring (bicyclic) bond motifs is 1. The molecule has 0 bridgehead atoms. The normalized spacial score (nSPS) is 11.0. The van der Waals surface area contributed by atoms with Crippen molar-refractivity contribution in [1.82, 2.24) is 9.55 Å². The van der Waals surface area contributed by atoms with E-state index in [2.05, 4.69) is 21.2 Å². The number of hydrogen-bond acceptors (Lipinski definition) is 4. The predicted octanol–water partition coefficient (Wildman–Crippen LogP) is 6.72. The van der Waals surface area contributed by atoms with Gasteiger partial charge in [-0.05, 0) is 60.5 Å². The molecule has 0 saturated carbocycles. The maximum Gasteiger partial charge on any atom is 0.417 e. The Morgan fingerprint density at radius 2 is 1.50 bits per heavy atom. The molecular formula is C29H22BrN3O3. The van der Waals surface area contributed by atoms with Crippen LogP contribution in [0.2, 0.25) is 0 Å². The number of halogens is 1. The minimum Gasteiger partial charge on any atom is -0.410 e. The molecule has 6 nitrogen and oxygen atoms in total. The van der Waals surface area contributed by atoms with E-state index in [1.54, 1.807) is 47.0 Å². The van der Waals surface area contributed by atoms with Gasteiger partial charge in [-0.25, -0.2) is 9.78 Å². The van der Waals surface area contributed by atoms with Crippen molar-refractivity contribution in [2.75, 3.05) is 5.32 Å². The Balaban J connectivity index is 1.50. The Hall–Kier alpha value is -4.23. The van der Waals surface area contributed by atoms with Crippen LogP contribution in [0.5, 0.6) is 5.75 Å². The molecule has 0 aliphatic carbocycles. The van der Waals surface area contributed by atoms with Crippen molar-refractivity contribution in [1.29, 1.82) is 0 Å². The van der Waals surface area contributed by atoms with Crippen molar-refractivity contribution in [3.8, 4) is 5.75 Å². The van der Waals surface area contributed by atoms with E-state index in [0.717, 1.165) is 15.6 Å². The van der Waals surface area contributed by atoms with Gasteiger partial charge in [0, 0.05) is 10.2 Å². The number of benzene rings is 4. The number of nitrogens with zero attached hydrogens (tertiary/aromatic N) is 2. The summed E-state index contributed by atoms with van der Waals surface area (Å²) >= 11 is 3.35. The van der Waals surface area contributed by atoms with Gasteiger partial charge >= 0.3 is 6.09 Å². The van der Waals surface area contributed by atoms with Gasteiger partial charge in [-0.1, -0.05) is 76.6 Å². The Labute approximate surface area is 216 Å². The lowest BCUT2D eigenvalue weighted by molar-refractivity contribution is 0.215. The van der Waals surface area contributed by atoms with Crippen LogP contribution >= 0.6 is 15.9 Å². The Kier molecular flexibility index (Phi) is 6.64. The molecule has 1 aromatic heterocycles. The Morgan fingerprint density at radius 1 is 0.889 bits per heavy atom. The zero-order valence-corrected chi connectivity index (χ0v) is 21.0. The molecule has 0 radical (unpaired) electrons. The average molecular weight is 540 g/mol. The highest BCUT2D eigenvalue weighted by Gasteiger charge is 2.21. The number of carbonyl (C=O) groups is 1. The molecule has 5 rings (SSSR count). The summed E-state index contributed by atoms with van der Waals surface area (Å²) in [6.07, 6.45) is -0.630. The van der Waals surface area contributed by atoms with Crippen molar-refractivity contribution < 1.29 is 9.53 Å². The van der Waals surface area contributed by atoms with Gasteiger partial charge in [0.15, 0.2) is 0 Å². The lowest BCUT2D eigenvalue weighted by atomic mass is 9.98. The van der Waals surface area contributed by atoms with E-state index in [9.17, 15) is 9.59 Å². The van der Waals surface area contributed by atoms with E-state index in [4.69, 9.17) is 9.72 Å². The third kappa shape index (κ3) is 4.92. The lowest BCUT2D eigenvalue weighted by Crippen LogP contribution is -2.29. The molecule has 178 valence electrons. The summed E-state index contributed by atoms with van der Waals surface area (Å²) in [6, 6.07) is 31.5. The van der Waals surface area contributed by atoms with E-state index in [1.807, 2.05) is 67.6 Å². The van der Waals surface area contributed by atoms with Crippen LogP contribution in [0.1, 0.15) is 23.0 Å². The molecule has 1 amide bonds. The van der Waals surface area contributed by atoms with Crippen molar-refractivity contribution in [2.24, 2.45) is 0 Å². The van der Waals surface area contributed by atoms with Crippen molar-refractivity contribution in [2.45, 2.75) is 13.0 Å². The van der Waals surface area contributed by atoms with Crippen molar-refractivity contribution in [3.05, 3.63) is 135 Å². The first kappa shape index (κ1) is 23.5. The summed E-state index contributed by atoms with van der Waals surface area (Å²) in [5.41, 5.74) is 2.80. The minimum atomic E-state index is -0.630. The molecule has 0 spiro atoms. The number of anilines is 1. The molecule has 1 N–H and O–H groups in total. The fourth-order valence-corrected chi connectivity index (χ4v) is 4.47. The second kappa shape index (κ2) is 10.2. The smallest absolute Gasteiger partial charge is 0.410 e. The van der Waals surface area contributed by atoms with Crippen LogP contribution in [0, 0.1) is 6.92 Å². The molecule has 0 saturated heterocycles. The third-order valence-corrected chi connectivity index (χ3v) is 6.37. The van der Waals surface area contributed by atoms with Gasteiger partial charge in [0.05, 0.1) is 16.9 Å². The highest BCUT2D eigenvalue weighted by Crippen LogP contribution is 2.27. The number of nitrogens with one attached hydrogen (secondary N) is 1. The van der Waals surface area contributed by atoms with Gasteiger partial charge in [-0.3, -0.25) is 14.7 Å². The second-order valence-electron chi connectivity index (χ2n) is 8.26. The number of aryl methyl sites for hydroxylation is 1. The zero-order chi connectivity index (χ0) is 25.1. The first-order valence-corrected chi connectivity index (χ1v) is 12.2. The topological polar surface area (TPSA) is 73.2 Å². The van der Waals surface area contributed by atoms with E-state index in [-0.39, 0.29) is 11.6 Å². The molecule has 7 heteroatoms. The molecule has 4 aromatic carbocycles. The average Bonchev–Trinajstić information content (AvgIpc) is 2.89. The van der Waals surface area contributed by atoms with E-state index in [0.29, 0.717) is 28.2 Å². The molecule has 1 heterocycles. The van der Waals surface area contributed by atoms with Crippen molar-refractivity contribution in [3.63, 3.8) is 0 Å². The Bertz CT molecular complexity index is 1540. The van der Waals surface area contributed by atoms with Gasteiger partial charge in [-0.2, -0.15) is 0 Å². The maximum absolute atomic E-state index is 13.7. The number of ether oxygens (including phenoxy) is 1. The number of aromatic nitrogens is 2. The summed E-state index contributed by atoms with van der Waals surface area (Å²) in [4.78, 5) is 30.8. The first-order valence-electron chi connectivity index (χ1n) is 11.4. The minimum absolute atomic E-state index is 0.154. The number of amides is 1. The number of hydrogen-bond donors (Lipinski definition) is 1. The number of carbonyl (C=O) groups excluding carboxylic acids is 1. The fraction of sp³-hybridized carbons (Fsp3) is 0.0690. The molecule has 0 aliphatic heterocycles. The quantitative estimate of drug-likeness (QED) is 0.269. The fourth-order valence-electron chi connectivity index (χ4n) is 4.21. The van der Waals surface area contributed by atoms with Crippen LogP contribution in [0.4, 0.5) is 10.5 Å². The highest BCUT2D eigenvalue weighted by atomic mass is 79.9. The predicted molar refractivity (Wildman–Crippen MR) is 145 cm³/mol. The van der Waals surface area contributed by atoms with E-state index in [1.165, 1.54) is 0 Å². The molecule has 5 aromatic rings. The van der Waals surface area contributed by atoms with Crippen LogP contribution in [-0.2, 0) is 0 Å². The SMILES string of the molecule is Cc1nc2cc(NC(=O)Oc3ccc(Br)cc3)ccc2c(=O)n1C(c1ccccc1)c1ccccc1. The first-order chi connectivity index (χ1) is 17.5. The lowest BCUT2D eigenvalue weighted by Gasteiger charge is -2.23. The molecule has 0 aliphatic rings. The van der Waals surface area contributed by atoms with Crippen LogP contribution < -0.4 is 15.6 Å². The molecule has 36 heavy (non-hydrogen) atoms. The maximum atomic E-state index is 13.7. The third-order valence-electron chi connectivity index (χ3n) is 5.84. The second-order valence-corrected chi connectivity index (χ2v) is 9.17. The summed E-state index contributed by atoms with van der Waals surface area (Å²) in [7, 11) is 0. The highest BCUT2D eigenvalue weighted by molar-refractivity contribution is 9.10. The van der Waals surface area contributed by atoms with Crippen LogP contribution in [0.25, 0.3) is 10.9 Å². The van der Waals surface area contributed by atoms with Gasteiger partial charge in [0.2, 0.25) is 0 Å². The van der Waals surface area contributed by atoms with Crippen LogP contribution in [0.15, 0.2) is 112 Å². The molecule has 0 atom stereocenters.